The Bertz CT molecular complexity index is 1910. The summed E-state index contributed by atoms with van der Waals surface area (Å²) in [5.74, 6) is -1.76. The van der Waals surface area contributed by atoms with Gasteiger partial charge in [-0.1, -0.05) is 60.7 Å². The van der Waals surface area contributed by atoms with Gasteiger partial charge in [-0.2, -0.15) is 0 Å². The number of hydrogen-bond donors (Lipinski definition) is 3. The minimum absolute atomic E-state index is 0.00503. The van der Waals surface area contributed by atoms with E-state index in [4.69, 9.17) is 4.42 Å². The third-order valence-electron chi connectivity index (χ3n) is 7.12. The molecule has 6 aromatic rings. The molecular weight excluding hydrogens is 507 g/mol. The van der Waals surface area contributed by atoms with Crippen LogP contribution in [0.3, 0.4) is 0 Å². The number of fused-ring (bicyclic) bond motifs is 2. The zero-order valence-electron chi connectivity index (χ0n) is 21.4. The third kappa shape index (κ3) is 4.62. The summed E-state index contributed by atoms with van der Waals surface area (Å²) in [7, 11) is 0. The number of carbonyl (C=O) groups is 1. The van der Waals surface area contributed by atoms with Crippen LogP contribution in [-0.2, 0) is 6.42 Å². The predicted molar refractivity (Wildman–Crippen MR) is 152 cm³/mol. The molecular formula is C33H25FN2O4. The quantitative estimate of drug-likeness (QED) is 0.211. The fourth-order valence-electron chi connectivity index (χ4n) is 5.30. The van der Waals surface area contributed by atoms with Crippen LogP contribution in [0.4, 0.5) is 4.39 Å². The molecule has 6 nitrogen and oxygen atoms in total. The Morgan fingerprint density at radius 1 is 0.900 bits per heavy atom. The lowest BCUT2D eigenvalue weighted by atomic mass is 9.85. The normalized spacial score (nSPS) is 12.0. The SMILES string of the molecule is O=C(NCCc1c(C(c2cccc(F)c2)c2c(O)c3ccccc3oc2=O)[nH]c2ccccc12)c1ccccc1. The highest BCUT2D eigenvalue weighted by Gasteiger charge is 2.30. The zero-order chi connectivity index (χ0) is 27.6. The summed E-state index contributed by atoms with van der Waals surface area (Å²) in [6.45, 7) is 0.316. The molecule has 1 atom stereocenters. The topological polar surface area (TPSA) is 95.3 Å². The zero-order valence-corrected chi connectivity index (χ0v) is 21.4. The van der Waals surface area contributed by atoms with Crippen LogP contribution < -0.4 is 10.9 Å². The minimum Gasteiger partial charge on any atom is -0.507 e. The maximum Gasteiger partial charge on any atom is 0.344 e. The fraction of sp³-hybridized carbons (Fsp3) is 0.0909. The number of nitrogens with one attached hydrogen (secondary N) is 2. The first-order valence-electron chi connectivity index (χ1n) is 12.9. The Morgan fingerprint density at radius 3 is 2.42 bits per heavy atom. The fourth-order valence-corrected chi connectivity index (χ4v) is 5.30. The summed E-state index contributed by atoms with van der Waals surface area (Å²) < 4.78 is 20.2. The summed E-state index contributed by atoms with van der Waals surface area (Å²) in [5, 5.41) is 15.7. The number of aromatic amines is 1. The maximum atomic E-state index is 14.5. The molecule has 1 amide bonds. The van der Waals surface area contributed by atoms with Crippen LogP contribution in [0.1, 0.15) is 38.7 Å². The number of hydrogen-bond acceptors (Lipinski definition) is 4. The van der Waals surface area contributed by atoms with E-state index >= 15 is 0 Å². The molecule has 0 aliphatic heterocycles. The van der Waals surface area contributed by atoms with E-state index in [1.54, 1.807) is 60.7 Å². The van der Waals surface area contributed by atoms with E-state index in [2.05, 4.69) is 10.3 Å². The predicted octanol–water partition coefficient (Wildman–Crippen LogP) is 6.27. The number of H-pyrrole nitrogens is 1. The van der Waals surface area contributed by atoms with Crippen molar-refractivity contribution >= 4 is 27.8 Å². The second-order valence-electron chi connectivity index (χ2n) is 9.57. The molecule has 1 unspecified atom stereocenters. The van der Waals surface area contributed by atoms with Gasteiger partial charge in [-0.3, -0.25) is 4.79 Å². The van der Waals surface area contributed by atoms with Crippen molar-refractivity contribution in [2.45, 2.75) is 12.3 Å². The largest absolute Gasteiger partial charge is 0.507 e. The van der Waals surface area contributed by atoms with Crippen molar-refractivity contribution in [1.82, 2.24) is 10.3 Å². The van der Waals surface area contributed by atoms with Crippen LogP contribution in [-0.4, -0.2) is 22.5 Å². The second-order valence-corrected chi connectivity index (χ2v) is 9.57. The number of aromatic nitrogens is 1. The van der Waals surface area contributed by atoms with E-state index in [1.807, 2.05) is 30.3 Å². The highest BCUT2D eigenvalue weighted by atomic mass is 19.1. The van der Waals surface area contributed by atoms with Crippen molar-refractivity contribution in [3.63, 3.8) is 0 Å². The first kappa shape index (κ1) is 25.1. The van der Waals surface area contributed by atoms with Gasteiger partial charge in [0.1, 0.15) is 17.1 Å². The highest BCUT2D eigenvalue weighted by molar-refractivity contribution is 5.94. The Kier molecular flexibility index (Phi) is 6.62. The molecule has 6 rings (SSSR count). The van der Waals surface area contributed by atoms with Crippen LogP contribution in [0.25, 0.3) is 21.9 Å². The number of carbonyl (C=O) groups excluding carboxylic acids is 1. The molecule has 4 aromatic carbocycles. The molecule has 0 saturated heterocycles. The lowest BCUT2D eigenvalue weighted by molar-refractivity contribution is 0.0954. The van der Waals surface area contributed by atoms with Crippen LogP contribution in [0.2, 0.25) is 0 Å². The third-order valence-corrected chi connectivity index (χ3v) is 7.12. The van der Waals surface area contributed by atoms with Gasteiger partial charge in [0, 0.05) is 28.7 Å². The van der Waals surface area contributed by atoms with Gasteiger partial charge in [0.15, 0.2) is 0 Å². The van der Waals surface area contributed by atoms with Crippen LogP contribution >= 0.6 is 0 Å². The van der Waals surface area contributed by atoms with Gasteiger partial charge in [-0.15, -0.1) is 0 Å². The lowest BCUT2D eigenvalue weighted by Gasteiger charge is -2.20. The number of aromatic hydroxyl groups is 1. The molecule has 40 heavy (non-hydrogen) atoms. The molecule has 0 aliphatic carbocycles. The molecule has 0 spiro atoms. The molecule has 0 saturated carbocycles. The highest BCUT2D eigenvalue weighted by Crippen LogP contribution is 2.41. The van der Waals surface area contributed by atoms with Crippen molar-refractivity contribution in [2.75, 3.05) is 6.54 Å². The molecule has 0 aliphatic rings. The van der Waals surface area contributed by atoms with Crippen LogP contribution in [0.5, 0.6) is 5.75 Å². The van der Waals surface area contributed by atoms with E-state index in [9.17, 15) is 19.1 Å². The molecule has 198 valence electrons. The van der Waals surface area contributed by atoms with Crippen molar-refractivity contribution in [3.05, 3.63) is 147 Å². The Morgan fingerprint density at radius 2 is 1.62 bits per heavy atom. The number of amides is 1. The van der Waals surface area contributed by atoms with Gasteiger partial charge >= 0.3 is 5.63 Å². The van der Waals surface area contributed by atoms with E-state index in [0.29, 0.717) is 35.2 Å². The van der Waals surface area contributed by atoms with Gasteiger partial charge in [-0.05, 0) is 60.0 Å². The van der Waals surface area contributed by atoms with Crippen molar-refractivity contribution in [1.29, 1.82) is 0 Å². The molecule has 0 bridgehead atoms. The summed E-state index contributed by atoms with van der Waals surface area (Å²) in [6, 6.07) is 29.3. The number of halogens is 1. The lowest BCUT2D eigenvalue weighted by Crippen LogP contribution is -2.26. The van der Waals surface area contributed by atoms with Crippen molar-refractivity contribution in [2.24, 2.45) is 0 Å². The van der Waals surface area contributed by atoms with Gasteiger partial charge < -0.3 is 19.8 Å². The van der Waals surface area contributed by atoms with E-state index in [-0.39, 0.29) is 22.8 Å². The molecule has 0 fully saturated rings. The standard InChI is InChI=1S/C33H25FN2O4/c34-22-12-8-11-21(19-22)28(29-31(37)25-14-5-7-16-27(25)40-33(29)39)30-24(23-13-4-6-15-26(23)36-30)17-18-35-32(38)20-9-2-1-3-10-20/h1-16,19,28,36-37H,17-18H2,(H,35,38). The van der Waals surface area contributed by atoms with E-state index < -0.39 is 17.4 Å². The van der Waals surface area contributed by atoms with Gasteiger partial charge in [-0.25, -0.2) is 9.18 Å². The maximum absolute atomic E-state index is 14.5. The minimum atomic E-state index is -0.871. The van der Waals surface area contributed by atoms with Crippen LogP contribution in [0, 0.1) is 5.82 Å². The first-order chi connectivity index (χ1) is 19.5. The monoisotopic (exact) mass is 532 g/mol. The Hall–Kier alpha value is -5.17. The van der Waals surface area contributed by atoms with Crippen molar-refractivity contribution in [3.8, 4) is 5.75 Å². The number of para-hydroxylation sites is 2. The smallest absolute Gasteiger partial charge is 0.344 e. The van der Waals surface area contributed by atoms with Gasteiger partial charge in [0.25, 0.3) is 5.91 Å². The molecule has 0 radical (unpaired) electrons. The van der Waals surface area contributed by atoms with Gasteiger partial charge in [0.05, 0.1) is 16.9 Å². The van der Waals surface area contributed by atoms with Crippen LogP contribution in [0.15, 0.2) is 112 Å². The van der Waals surface area contributed by atoms with Gasteiger partial charge in [0.2, 0.25) is 0 Å². The van der Waals surface area contributed by atoms with Crippen molar-refractivity contribution < 1.29 is 18.7 Å². The molecule has 3 N–H and O–H groups in total. The average Bonchev–Trinajstić information content (AvgIpc) is 3.33. The first-order valence-corrected chi connectivity index (χ1v) is 12.9. The Balaban J connectivity index is 1.50. The van der Waals surface area contributed by atoms with E-state index in [0.717, 1.165) is 16.5 Å². The number of benzene rings is 4. The summed E-state index contributed by atoms with van der Waals surface area (Å²) in [5.41, 5.74) is 2.83. The average molecular weight is 533 g/mol. The number of rotatable bonds is 7. The van der Waals surface area contributed by atoms with E-state index in [1.165, 1.54) is 12.1 Å². The summed E-state index contributed by atoms with van der Waals surface area (Å²) in [6.07, 6.45) is 0.420. The second kappa shape index (κ2) is 10.5. The molecule has 2 heterocycles. The Labute approximate surface area is 228 Å². The summed E-state index contributed by atoms with van der Waals surface area (Å²) >= 11 is 0. The summed E-state index contributed by atoms with van der Waals surface area (Å²) in [4.78, 5) is 29.6. The molecule has 7 heteroatoms. The molecule has 2 aromatic heterocycles.